The van der Waals surface area contributed by atoms with E-state index in [9.17, 15) is 0 Å². The molecule has 1 aromatic carbocycles. The average Bonchev–Trinajstić information content (AvgIpc) is 2.37. The number of nitrogens with zero attached hydrogens (tertiary/aromatic N) is 1. The zero-order valence-electron chi connectivity index (χ0n) is 12.9. The highest BCUT2D eigenvalue weighted by atomic mass is 15.2. The lowest BCUT2D eigenvalue weighted by Crippen LogP contribution is -2.42. The lowest BCUT2D eigenvalue weighted by molar-refractivity contribution is 0.101. The quantitative estimate of drug-likeness (QED) is 0.903. The molecular formula is C17H28N2. The van der Waals surface area contributed by atoms with E-state index in [1.165, 1.54) is 41.6 Å². The zero-order valence-corrected chi connectivity index (χ0v) is 12.9. The zero-order chi connectivity index (χ0) is 14.0. The minimum atomic E-state index is 0.518. The summed E-state index contributed by atoms with van der Waals surface area (Å²) in [5.41, 5.74) is 11.8. The van der Waals surface area contributed by atoms with Crippen LogP contribution in [0.1, 0.15) is 48.1 Å². The Bertz CT molecular complexity index is 404. The van der Waals surface area contributed by atoms with Crippen LogP contribution in [0.15, 0.2) is 12.1 Å². The van der Waals surface area contributed by atoms with Crippen molar-refractivity contribution in [2.24, 2.45) is 11.7 Å². The number of benzene rings is 1. The maximum absolute atomic E-state index is 6.05. The first kappa shape index (κ1) is 14.5. The largest absolute Gasteiger partial charge is 0.330 e. The van der Waals surface area contributed by atoms with Crippen molar-refractivity contribution in [3.05, 3.63) is 34.4 Å². The highest BCUT2D eigenvalue weighted by Crippen LogP contribution is 2.38. The second kappa shape index (κ2) is 6.06. The van der Waals surface area contributed by atoms with Gasteiger partial charge in [0.05, 0.1) is 0 Å². The summed E-state index contributed by atoms with van der Waals surface area (Å²) in [4.78, 5) is 2.62. The second-order valence-corrected chi connectivity index (χ2v) is 6.02. The number of rotatable bonds is 3. The van der Waals surface area contributed by atoms with Crippen molar-refractivity contribution in [3.8, 4) is 0 Å². The number of hydrogen-bond donors (Lipinski definition) is 1. The highest BCUT2D eigenvalue weighted by Gasteiger charge is 2.32. The number of nitrogens with two attached hydrogens (primary N) is 1. The smallest absolute Gasteiger partial charge is 0.0393 e. The number of aryl methyl sites for hydroxylation is 3. The van der Waals surface area contributed by atoms with Gasteiger partial charge in [0.15, 0.2) is 0 Å². The summed E-state index contributed by atoms with van der Waals surface area (Å²) in [5.74, 6) is 0.605. The molecule has 2 nitrogen and oxygen atoms in total. The third-order valence-corrected chi connectivity index (χ3v) is 4.60. The minimum Gasteiger partial charge on any atom is -0.330 e. The maximum atomic E-state index is 6.05. The number of likely N-dealkylation sites (tertiary alicyclic amines) is 1. The Morgan fingerprint density at radius 2 is 1.84 bits per heavy atom. The maximum Gasteiger partial charge on any atom is 0.0393 e. The Labute approximate surface area is 118 Å². The van der Waals surface area contributed by atoms with Crippen LogP contribution in [0.2, 0.25) is 0 Å². The Morgan fingerprint density at radius 1 is 1.21 bits per heavy atom. The third-order valence-electron chi connectivity index (χ3n) is 4.60. The fourth-order valence-corrected chi connectivity index (χ4v) is 3.83. The standard InChI is InChI=1S/C17H28N2/c1-5-19-8-6-7-15(11-18)17(19)16-13(3)9-12(2)10-14(16)4/h9-10,15,17H,5-8,11,18H2,1-4H3. The Hall–Kier alpha value is -0.860. The van der Waals surface area contributed by atoms with Gasteiger partial charge in [-0.3, -0.25) is 4.90 Å². The van der Waals surface area contributed by atoms with Crippen LogP contribution in [0, 0.1) is 26.7 Å². The summed E-state index contributed by atoms with van der Waals surface area (Å²) in [5, 5.41) is 0. The second-order valence-electron chi connectivity index (χ2n) is 6.02. The topological polar surface area (TPSA) is 29.3 Å². The lowest BCUT2D eigenvalue weighted by atomic mass is 9.81. The molecule has 0 saturated carbocycles. The molecule has 2 unspecified atom stereocenters. The molecule has 1 aromatic rings. The molecule has 2 N–H and O–H groups in total. The van der Waals surface area contributed by atoms with Gasteiger partial charge in [-0.25, -0.2) is 0 Å². The molecule has 19 heavy (non-hydrogen) atoms. The van der Waals surface area contributed by atoms with E-state index in [2.05, 4.69) is 44.7 Å². The van der Waals surface area contributed by atoms with E-state index in [-0.39, 0.29) is 0 Å². The van der Waals surface area contributed by atoms with E-state index < -0.39 is 0 Å². The van der Waals surface area contributed by atoms with Crippen LogP contribution in [0.4, 0.5) is 0 Å². The first-order valence-corrected chi connectivity index (χ1v) is 7.60. The van der Waals surface area contributed by atoms with Crippen LogP contribution in [0.3, 0.4) is 0 Å². The van der Waals surface area contributed by atoms with Crippen molar-refractivity contribution in [3.63, 3.8) is 0 Å². The van der Waals surface area contributed by atoms with Gasteiger partial charge in [0.2, 0.25) is 0 Å². The molecule has 106 valence electrons. The Kier molecular flexibility index (Phi) is 4.64. The van der Waals surface area contributed by atoms with Crippen molar-refractivity contribution in [2.45, 2.75) is 46.6 Å². The molecule has 0 bridgehead atoms. The Balaban J connectivity index is 2.46. The van der Waals surface area contributed by atoms with Crippen LogP contribution in [0.5, 0.6) is 0 Å². The van der Waals surface area contributed by atoms with Gasteiger partial charge in [-0.2, -0.15) is 0 Å². The predicted octanol–water partition coefficient (Wildman–Crippen LogP) is 3.34. The van der Waals surface area contributed by atoms with E-state index in [1.807, 2.05) is 0 Å². The first-order chi connectivity index (χ1) is 9.08. The number of piperidine rings is 1. The van der Waals surface area contributed by atoms with E-state index in [0.717, 1.165) is 13.1 Å². The molecule has 0 amide bonds. The summed E-state index contributed by atoms with van der Waals surface area (Å²) in [6.45, 7) is 12.1. The molecule has 0 radical (unpaired) electrons. The fourth-order valence-electron chi connectivity index (χ4n) is 3.83. The molecule has 1 fully saturated rings. The van der Waals surface area contributed by atoms with E-state index in [0.29, 0.717) is 12.0 Å². The average molecular weight is 260 g/mol. The molecule has 1 aliphatic heterocycles. The molecule has 1 saturated heterocycles. The predicted molar refractivity (Wildman–Crippen MR) is 82.4 cm³/mol. The molecular weight excluding hydrogens is 232 g/mol. The van der Waals surface area contributed by atoms with Crippen LogP contribution in [-0.4, -0.2) is 24.5 Å². The normalized spacial score (nSPS) is 24.7. The lowest BCUT2D eigenvalue weighted by Gasteiger charge is -2.42. The van der Waals surface area contributed by atoms with Gasteiger partial charge in [-0.15, -0.1) is 0 Å². The van der Waals surface area contributed by atoms with Gasteiger partial charge in [0.25, 0.3) is 0 Å². The van der Waals surface area contributed by atoms with Gasteiger partial charge in [-0.1, -0.05) is 24.6 Å². The van der Waals surface area contributed by atoms with Crippen molar-refractivity contribution >= 4 is 0 Å². The van der Waals surface area contributed by atoms with Crippen molar-refractivity contribution in [1.82, 2.24) is 4.90 Å². The summed E-state index contributed by atoms with van der Waals surface area (Å²) in [6.07, 6.45) is 2.56. The molecule has 2 heteroatoms. The van der Waals surface area contributed by atoms with Crippen molar-refractivity contribution < 1.29 is 0 Å². The van der Waals surface area contributed by atoms with Gasteiger partial charge in [-0.05, 0) is 75.9 Å². The van der Waals surface area contributed by atoms with E-state index >= 15 is 0 Å². The number of hydrogen-bond acceptors (Lipinski definition) is 2. The van der Waals surface area contributed by atoms with E-state index in [4.69, 9.17) is 5.73 Å². The molecule has 1 aliphatic rings. The molecule has 0 aliphatic carbocycles. The molecule has 2 atom stereocenters. The van der Waals surface area contributed by atoms with Gasteiger partial charge in [0, 0.05) is 6.04 Å². The fraction of sp³-hybridized carbons (Fsp3) is 0.647. The van der Waals surface area contributed by atoms with Crippen LogP contribution < -0.4 is 5.73 Å². The van der Waals surface area contributed by atoms with Crippen LogP contribution >= 0.6 is 0 Å². The third kappa shape index (κ3) is 2.85. The molecule has 0 spiro atoms. The molecule has 0 aromatic heterocycles. The van der Waals surface area contributed by atoms with Crippen LogP contribution in [0.25, 0.3) is 0 Å². The summed E-state index contributed by atoms with van der Waals surface area (Å²) < 4.78 is 0. The van der Waals surface area contributed by atoms with Crippen LogP contribution in [-0.2, 0) is 0 Å². The summed E-state index contributed by atoms with van der Waals surface area (Å²) in [7, 11) is 0. The van der Waals surface area contributed by atoms with Gasteiger partial charge in [0.1, 0.15) is 0 Å². The minimum absolute atomic E-state index is 0.518. The van der Waals surface area contributed by atoms with Gasteiger partial charge < -0.3 is 5.73 Å². The van der Waals surface area contributed by atoms with E-state index in [1.54, 1.807) is 0 Å². The van der Waals surface area contributed by atoms with Crippen molar-refractivity contribution in [2.75, 3.05) is 19.6 Å². The highest BCUT2D eigenvalue weighted by molar-refractivity contribution is 5.40. The first-order valence-electron chi connectivity index (χ1n) is 7.60. The Morgan fingerprint density at radius 3 is 2.37 bits per heavy atom. The monoisotopic (exact) mass is 260 g/mol. The van der Waals surface area contributed by atoms with Gasteiger partial charge >= 0.3 is 0 Å². The molecule has 2 rings (SSSR count). The summed E-state index contributed by atoms with van der Waals surface area (Å²) >= 11 is 0. The summed E-state index contributed by atoms with van der Waals surface area (Å²) in [6, 6.07) is 5.15. The SMILES string of the molecule is CCN1CCCC(CN)C1c1c(C)cc(C)cc1C. The van der Waals surface area contributed by atoms with Crippen molar-refractivity contribution in [1.29, 1.82) is 0 Å². The molecule has 1 heterocycles.